The summed E-state index contributed by atoms with van der Waals surface area (Å²) < 4.78 is 5.73. The molecule has 0 aromatic heterocycles. The number of nitrogens with one attached hydrogen (secondary N) is 1. The third-order valence-electron chi connectivity index (χ3n) is 4.69. The minimum Gasteiger partial charge on any atom is -0.492 e. The second kappa shape index (κ2) is 9.09. The molecule has 2 aromatic rings. The zero-order valence-electron chi connectivity index (χ0n) is 16.8. The Kier molecular flexibility index (Phi) is 6.75. The van der Waals surface area contributed by atoms with E-state index in [9.17, 15) is 9.59 Å². The molecular weight excluding hydrogens is 408 g/mol. The lowest BCUT2D eigenvalue weighted by Crippen LogP contribution is -2.32. The van der Waals surface area contributed by atoms with Gasteiger partial charge in [-0.1, -0.05) is 24.3 Å². The summed E-state index contributed by atoms with van der Waals surface area (Å²) in [7, 11) is 0. The summed E-state index contributed by atoms with van der Waals surface area (Å²) in [5.74, 6) is 1.27. The van der Waals surface area contributed by atoms with Crippen LogP contribution in [0.2, 0.25) is 0 Å². The maximum Gasteiger partial charge on any atom is 0.238 e. The van der Waals surface area contributed by atoms with Crippen LogP contribution in [-0.2, 0) is 9.59 Å². The molecule has 0 spiro atoms. The largest absolute Gasteiger partial charge is 0.492 e. The summed E-state index contributed by atoms with van der Waals surface area (Å²) in [5.41, 5.74) is 1.82. The highest BCUT2D eigenvalue weighted by atomic mass is 35.5. The molecule has 3 rings (SSSR count). The van der Waals surface area contributed by atoms with Gasteiger partial charge in [-0.15, -0.1) is 23.4 Å². The van der Waals surface area contributed by atoms with Crippen LogP contribution < -0.4 is 15.0 Å². The molecule has 1 saturated heterocycles. The van der Waals surface area contributed by atoms with E-state index in [1.54, 1.807) is 30.5 Å². The first-order valence-corrected chi connectivity index (χ1v) is 11.1. The van der Waals surface area contributed by atoms with Crippen LogP contribution in [0.5, 0.6) is 5.75 Å². The highest BCUT2D eigenvalue weighted by molar-refractivity contribution is 8.00. The number of carbonyl (C=O) groups excluding carboxylic acids is 2. The highest BCUT2D eigenvalue weighted by Gasteiger charge is 2.35. The Hall–Kier alpha value is -2.18. The number of nitrogens with zero attached hydrogens (tertiary/aromatic N) is 1. The van der Waals surface area contributed by atoms with Gasteiger partial charge in [-0.05, 0) is 50.6 Å². The van der Waals surface area contributed by atoms with Gasteiger partial charge in [-0.2, -0.15) is 0 Å². The van der Waals surface area contributed by atoms with Crippen molar-refractivity contribution in [1.29, 1.82) is 0 Å². The van der Waals surface area contributed by atoms with Crippen molar-refractivity contribution < 1.29 is 14.3 Å². The fourth-order valence-corrected chi connectivity index (χ4v) is 4.25. The van der Waals surface area contributed by atoms with Crippen molar-refractivity contribution in [3.63, 3.8) is 0 Å². The van der Waals surface area contributed by atoms with Crippen LogP contribution in [0.4, 0.5) is 11.4 Å². The molecule has 1 atom stereocenters. The number of alkyl halides is 1. The van der Waals surface area contributed by atoms with Crippen LogP contribution in [0.1, 0.15) is 31.7 Å². The molecule has 0 saturated carbocycles. The van der Waals surface area contributed by atoms with Crippen molar-refractivity contribution in [3.8, 4) is 5.75 Å². The Balaban J connectivity index is 1.83. The fourth-order valence-electron chi connectivity index (χ4n) is 2.96. The van der Waals surface area contributed by atoms with Gasteiger partial charge < -0.3 is 10.1 Å². The molecular formula is C22H25ClN2O3S. The second-order valence-corrected chi connectivity index (χ2v) is 8.76. The molecule has 2 aromatic carbocycles. The number of para-hydroxylation sites is 2. The van der Waals surface area contributed by atoms with Gasteiger partial charge in [0.25, 0.3) is 0 Å². The standard InChI is InChI=1S/C22H25ClN2O3S/c1-4-28-18-8-6-5-7-17(18)25-19(26)13-29-20(25)15-9-11-16(12-10-15)24-21(27)22(2,3)14-23/h5-12,20H,4,13-14H2,1-3H3,(H,24,27)/t20-/m0/s1. The number of halogens is 1. The number of hydrogen-bond acceptors (Lipinski definition) is 4. The van der Waals surface area contributed by atoms with Crippen LogP contribution in [0, 0.1) is 5.41 Å². The summed E-state index contributed by atoms with van der Waals surface area (Å²) in [6.45, 7) is 6.06. The molecule has 0 bridgehead atoms. The van der Waals surface area contributed by atoms with Crippen molar-refractivity contribution in [2.45, 2.75) is 26.1 Å². The lowest BCUT2D eigenvalue weighted by atomic mass is 9.95. The minimum atomic E-state index is -0.645. The molecule has 29 heavy (non-hydrogen) atoms. The lowest BCUT2D eigenvalue weighted by molar-refractivity contribution is -0.123. The van der Waals surface area contributed by atoms with Gasteiger partial charge in [-0.25, -0.2) is 0 Å². The number of anilines is 2. The summed E-state index contributed by atoms with van der Waals surface area (Å²) >= 11 is 7.45. The number of hydrogen-bond donors (Lipinski definition) is 1. The molecule has 1 aliphatic rings. The number of amides is 2. The first-order chi connectivity index (χ1) is 13.9. The normalized spacial score (nSPS) is 16.8. The molecule has 0 unspecified atom stereocenters. The number of thioether (sulfide) groups is 1. The van der Waals surface area contributed by atoms with Crippen LogP contribution in [0.3, 0.4) is 0 Å². The first-order valence-electron chi connectivity index (χ1n) is 9.50. The van der Waals surface area contributed by atoms with E-state index in [1.165, 1.54) is 0 Å². The third-order valence-corrected chi connectivity index (χ3v) is 6.58. The molecule has 0 aliphatic carbocycles. The van der Waals surface area contributed by atoms with Gasteiger partial charge in [0.05, 0.1) is 23.5 Å². The Bertz CT molecular complexity index is 886. The number of carbonyl (C=O) groups is 2. The SMILES string of the molecule is CCOc1ccccc1N1C(=O)CS[C@H]1c1ccc(NC(=O)C(C)(C)CCl)cc1. The highest BCUT2D eigenvalue weighted by Crippen LogP contribution is 2.44. The Morgan fingerprint density at radius 1 is 1.24 bits per heavy atom. The van der Waals surface area contributed by atoms with Gasteiger partial charge in [0.15, 0.2) is 0 Å². The maximum atomic E-state index is 12.7. The van der Waals surface area contributed by atoms with E-state index in [2.05, 4.69) is 5.32 Å². The molecule has 1 fully saturated rings. The monoisotopic (exact) mass is 432 g/mol. The van der Waals surface area contributed by atoms with E-state index < -0.39 is 5.41 Å². The number of benzene rings is 2. The van der Waals surface area contributed by atoms with Crippen molar-refractivity contribution >= 4 is 46.6 Å². The number of rotatable bonds is 7. The smallest absolute Gasteiger partial charge is 0.238 e. The average molecular weight is 433 g/mol. The molecule has 154 valence electrons. The Morgan fingerprint density at radius 2 is 1.93 bits per heavy atom. The van der Waals surface area contributed by atoms with Crippen molar-refractivity contribution in [2.24, 2.45) is 5.41 Å². The molecule has 1 aliphatic heterocycles. The van der Waals surface area contributed by atoms with Crippen molar-refractivity contribution in [3.05, 3.63) is 54.1 Å². The first kappa shape index (κ1) is 21.5. The molecule has 0 radical (unpaired) electrons. The lowest BCUT2D eigenvalue weighted by Gasteiger charge is -2.26. The minimum absolute atomic E-state index is 0.0494. The number of ether oxygens (including phenoxy) is 1. The average Bonchev–Trinajstić information content (AvgIpc) is 3.10. The van der Waals surface area contributed by atoms with Crippen LogP contribution >= 0.6 is 23.4 Å². The van der Waals surface area contributed by atoms with Crippen LogP contribution in [0.15, 0.2) is 48.5 Å². The molecule has 5 nitrogen and oxygen atoms in total. The quantitative estimate of drug-likeness (QED) is 0.620. The van der Waals surface area contributed by atoms with Gasteiger partial charge in [0, 0.05) is 11.6 Å². The van der Waals surface area contributed by atoms with E-state index in [1.807, 2.05) is 55.5 Å². The van der Waals surface area contributed by atoms with Gasteiger partial charge >= 0.3 is 0 Å². The summed E-state index contributed by atoms with van der Waals surface area (Å²) in [5, 5.41) is 2.75. The molecule has 7 heteroatoms. The predicted octanol–water partition coefficient (Wildman–Crippen LogP) is 5.07. The summed E-state index contributed by atoms with van der Waals surface area (Å²) in [6.07, 6.45) is 0. The summed E-state index contributed by atoms with van der Waals surface area (Å²) in [6, 6.07) is 15.2. The second-order valence-electron chi connectivity index (χ2n) is 7.42. The van der Waals surface area contributed by atoms with E-state index in [-0.39, 0.29) is 23.1 Å². The zero-order valence-corrected chi connectivity index (χ0v) is 18.3. The van der Waals surface area contributed by atoms with Crippen molar-refractivity contribution in [1.82, 2.24) is 0 Å². The van der Waals surface area contributed by atoms with Crippen molar-refractivity contribution in [2.75, 3.05) is 28.5 Å². The van der Waals surface area contributed by atoms with Gasteiger partial charge in [-0.3, -0.25) is 14.5 Å². The van der Waals surface area contributed by atoms with E-state index >= 15 is 0 Å². The van der Waals surface area contributed by atoms with Gasteiger partial charge in [0.1, 0.15) is 11.1 Å². The third kappa shape index (κ3) is 4.70. The zero-order chi connectivity index (χ0) is 21.0. The van der Waals surface area contributed by atoms with E-state index in [0.717, 1.165) is 11.3 Å². The molecule has 1 N–H and O–H groups in total. The Labute approximate surface area is 180 Å². The molecule has 2 amide bonds. The summed E-state index contributed by atoms with van der Waals surface area (Å²) in [4.78, 5) is 26.8. The Morgan fingerprint density at radius 3 is 2.59 bits per heavy atom. The fraction of sp³-hybridized carbons (Fsp3) is 0.364. The van der Waals surface area contributed by atoms with Gasteiger partial charge in [0.2, 0.25) is 11.8 Å². The van der Waals surface area contributed by atoms with E-state index in [0.29, 0.717) is 23.8 Å². The van der Waals surface area contributed by atoms with Crippen LogP contribution in [-0.4, -0.2) is 30.1 Å². The van der Waals surface area contributed by atoms with E-state index in [4.69, 9.17) is 16.3 Å². The predicted molar refractivity (Wildman–Crippen MR) is 120 cm³/mol. The topological polar surface area (TPSA) is 58.6 Å². The maximum absolute atomic E-state index is 12.7. The molecule has 1 heterocycles. The van der Waals surface area contributed by atoms with Crippen LogP contribution in [0.25, 0.3) is 0 Å².